The quantitative estimate of drug-likeness (QED) is 0.798. The third-order valence-corrected chi connectivity index (χ3v) is 6.03. The van der Waals surface area contributed by atoms with E-state index in [1.165, 1.54) is 34.9 Å². The number of fused-ring (bicyclic) bond motifs is 1. The molecule has 2 fully saturated rings. The zero-order valence-corrected chi connectivity index (χ0v) is 16.5. The number of benzene rings is 1. The second-order valence-electron chi connectivity index (χ2n) is 7.89. The lowest BCUT2D eigenvalue weighted by atomic mass is 9.81. The zero-order chi connectivity index (χ0) is 19.7. The lowest BCUT2D eigenvalue weighted by molar-refractivity contribution is -0.131. The zero-order valence-electron chi connectivity index (χ0n) is 16.5. The maximum absolute atomic E-state index is 12.8. The van der Waals surface area contributed by atoms with Crippen LogP contribution in [0.2, 0.25) is 0 Å². The molecule has 0 radical (unpaired) electrons. The fourth-order valence-corrected chi connectivity index (χ4v) is 4.39. The summed E-state index contributed by atoms with van der Waals surface area (Å²) < 4.78 is 2.78. The fourth-order valence-electron chi connectivity index (χ4n) is 4.39. The topological polar surface area (TPSA) is 84.2 Å². The highest BCUT2D eigenvalue weighted by molar-refractivity contribution is 5.75. The number of rotatable bonds is 5. The van der Waals surface area contributed by atoms with Crippen molar-refractivity contribution in [1.29, 1.82) is 0 Å². The Balaban J connectivity index is 1.44. The third-order valence-electron chi connectivity index (χ3n) is 6.03. The predicted molar refractivity (Wildman–Crippen MR) is 106 cm³/mol. The number of nitrogens with one attached hydrogen (secondary N) is 2. The second-order valence-corrected chi connectivity index (χ2v) is 7.89. The number of hydrogen-bond donors (Lipinski definition) is 2. The first-order chi connectivity index (χ1) is 13.5. The number of amides is 1. The van der Waals surface area contributed by atoms with Gasteiger partial charge in [0.25, 0.3) is 0 Å². The average molecular weight is 384 g/mol. The van der Waals surface area contributed by atoms with Crippen molar-refractivity contribution in [1.82, 2.24) is 30.1 Å². The van der Waals surface area contributed by atoms with E-state index in [1.807, 2.05) is 37.4 Å². The van der Waals surface area contributed by atoms with Crippen LogP contribution < -0.4 is 16.5 Å². The van der Waals surface area contributed by atoms with Crippen LogP contribution in [0.1, 0.15) is 31.5 Å². The van der Waals surface area contributed by atoms with Crippen LogP contribution in [-0.2, 0) is 11.3 Å². The van der Waals surface area contributed by atoms with Crippen LogP contribution in [0.5, 0.6) is 0 Å². The van der Waals surface area contributed by atoms with E-state index in [1.54, 1.807) is 11.8 Å². The molecule has 150 valence electrons. The van der Waals surface area contributed by atoms with E-state index in [-0.39, 0.29) is 24.2 Å². The van der Waals surface area contributed by atoms with Gasteiger partial charge in [-0.05, 0) is 37.8 Å². The molecule has 3 atom stereocenters. The Morgan fingerprint density at radius 3 is 2.75 bits per heavy atom. The van der Waals surface area contributed by atoms with Crippen LogP contribution in [0.15, 0.2) is 35.1 Å². The van der Waals surface area contributed by atoms with Crippen LogP contribution in [0.4, 0.5) is 0 Å². The lowest BCUT2D eigenvalue weighted by Crippen LogP contribution is -2.45. The van der Waals surface area contributed by atoms with Crippen molar-refractivity contribution >= 4 is 5.91 Å². The minimum Gasteiger partial charge on any atom is -0.343 e. The van der Waals surface area contributed by atoms with Crippen LogP contribution in [0.25, 0.3) is 5.69 Å². The van der Waals surface area contributed by atoms with E-state index in [0.717, 1.165) is 0 Å². The van der Waals surface area contributed by atoms with Gasteiger partial charge in [0.05, 0.1) is 5.69 Å². The Labute approximate surface area is 164 Å². The van der Waals surface area contributed by atoms with Gasteiger partial charge in [0.2, 0.25) is 5.91 Å². The average Bonchev–Trinajstić information content (AvgIpc) is 3.24. The normalized spacial score (nSPS) is 24.1. The minimum atomic E-state index is -0.293. The molecule has 1 aliphatic carbocycles. The molecule has 1 saturated carbocycles. The Morgan fingerprint density at radius 2 is 1.96 bits per heavy atom. The Kier molecular flexibility index (Phi) is 5.32. The van der Waals surface area contributed by atoms with Crippen LogP contribution in [0.3, 0.4) is 0 Å². The number of aromatic nitrogens is 3. The summed E-state index contributed by atoms with van der Waals surface area (Å²) >= 11 is 0. The molecular weight excluding hydrogens is 356 g/mol. The number of aryl methyl sites for hydroxylation is 1. The van der Waals surface area contributed by atoms with Gasteiger partial charge in [-0.15, -0.1) is 0 Å². The number of carbonyl (C=O) groups is 1. The van der Waals surface area contributed by atoms with Gasteiger partial charge in [-0.3, -0.25) is 20.2 Å². The van der Waals surface area contributed by atoms with E-state index >= 15 is 0 Å². The molecule has 1 saturated heterocycles. The molecule has 2 heterocycles. The molecule has 1 aromatic heterocycles. The molecule has 4 rings (SSSR count). The molecule has 8 nitrogen and oxygen atoms in total. The number of carbonyl (C=O) groups excluding carboxylic acids is 1. The summed E-state index contributed by atoms with van der Waals surface area (Å²) in [5.74, 6) is 1.01. The molecule has 28 heavy (non-hydrogen) atoms. The Hall–Kier alpha value is -2.45. The molecule has 1 amide bonds. The van der Waals surface area contributed by atoms with Crippen LogP contribution in [-0.4, -0.2) is 50.8 Å². The summed E-state index contributed by atoms with van der Waals surface area (Å²) in [6, 6.07) is 10.0. The maximum Gasteiger partial charge on any atom is 0.351 e. The monoisotopic (exact) mass is 384 g/mol. The van der Waals surface area contributed by atoms with Gasteiger partial charge in [0, 0.05) is 25.7 Å². The second kappa shape index (κ2) is 7.89. The van der Waals surface area contributed by atoms with Crippen molar-refractivity contribution in [2.45, 2.75) is 51.2 Å². The van der Waals surface area contributed by atoms with Crippen LogP contribution in [0, 0.1) is 12.8 Å². The molecule has 3 unspecified atom stereocenters. The van der Waals surface area contributed by atoms with Crippen molar-refractivity contribution in [2.24, 2.45) is 5.92 Å². The number of nitrogens with zero attached hydrogens (tertiary/aromatic N) is 4. The van der Waals surface area contributed by atoms with E-state index < -0.39 is 0 Å². The van der Waals surface area contributed by atoms with Gasteiger partial charge >= 0.3 is 5.69 Å². The van der Waals surface area contributed by atoms with Gasteiger partial charge in [-0.2, -0.15) is 9.78 Å². The molecular formula is C20H28N6O2. The first-order valence-corrected chi connectivity index (χ1v) is 10.0. The molecule has 0 bridgehead atoms. The van der Waals surface area contributed by atoms with Gasteiger partial charge in [0.15, 0.2) is 0 Å². The van der Waals surface area contributed by atoms with Gasteiger partial charge < -0.3 is 4.90 Å². The first kappa shape index (κ1) is 18.9. The van der Waals surface area contributed by atoms with Gasteiger partial charge in [-0.1, -0.05) is 31.0 Å². The summed E-state index contributed by atoms with van der Waals surface area (Å²) in [6.45, 7) is 2.39. The molecule has 1 aliphatic heterocycles. The predicted octanol–water partition coefficient (Wildman–Crippen LogP) is 0.836. The highest BCUT2D eigenvalue weighted by Gasteiger charge is 2.38. The van der Waals surface area contributed by atoms with Gasteiger partial charge in [-0.25, -0.2) is 4.79 Å². The smallest absolute Gasteiger partial charge is 0.343 e. The number of hydrazine groups is 1. The highest BCUT2D eigenvalue weighted by atomic mass is 16.2. The van der Waals surface area contributed by atoms with Crippen molar-refractivity contribution < 1.29 is 4.79 Å². The standard InChI is InChI=1S/C20H28N6O2/c1-14-23-26(15-8-4-3-5-9-15)20(28)25(14)13-19(27)24(2)12-18-16-10-6-7-11-17(16)21-22-18/h3-5,8-9,16-18,21-22H,6-7,10-13H2,1-2H3. The van der Waals surface area contributed by atoms with E-state index in [9.17, 15) is 9.59 Å². The number of hydrogen-bond acceptors (Lipinski definition) is 5. The van der Waals surface area contributed by atoms with Gasteiger partial charge in [0.1, 0.15) is 12.4 Å². The largest absolute Gasteiger partial charge is 0.351 e. The summed E-state index contributed by atoms with van der Waals surface area (Å²) in [7, 11) is 1.81. The maximum atomic E-state index is 12.8. The fraction of sp³-hybridized carbons (Fsp3) is 0.550. The molecule has 2 aliphatic rings. The van der Waals surface area contributed by atoms with E-state index in [0.29, 0.717) is 30.0 Å². The summed E-state index contributed by atoms with van der Waals surface area (Å²) in [6.07, 6.45) is 4.91. The van der Waals surface area contributed by atoms with Crippen molar-refractivity contribution in [3.8, 4) is 5.69 Å². The molecule has 2 N–H and O–H groups in total. The number of para-hydroxylation sites is 1. The minimum absolute atomic E-state index is 0.00223. The summed E-state index contributed by atoms with van der Waals surface area (Å²) in [4.78, 5) is 27.3. The lowest BCUT2D eigenvalue weighted by Gasteiger charge is -2.29. The van der Waals surface area contributed by atoms with Crippen molar-refractivity contribution in [3.05, 3.63) is 46.6 Å². The van der Waals surface area contributed by atoms with Crippen LogP contribution >= 0.6 is 0 Å². The number of likely N-dealkylation sites (N-methyl/N-ethyl adjacent to an activating group) is 1. The SMILES string of the molecule is Cc1nn(-c2ccccc2)c(=O)n1CC(=O)N(C)CC1NNC2CCCCC21. The van der Waals surface area contributed by atoms with Crippen molar-refractivity contribution in [3.63, 3.8) is 0 Å². The third kappa shape index (κ3) is 3.62. The van der Waals surface area contributed by atoms with E-state index in [4.69, 9.17) is 0 Å². The van der Waals surface area contributed by atoms with E-state index in [2.05, 4.69) is 16.0 Å². The molecule has 0 spiro atoms. The summed E-state index contributed by atoms with van der Waals surface area (Å²) in [5.41, 5.74) is 7.15. The molecule has 8 heteroatoms. The highest BCUT2D eigenvalue weighted by Crippen LogP contribution is 2.30. The Bertz CT molecular complexity index is 890. The molecule has 1 aromatic carbocycles. The summed E-state index contributed by atoms with van der Waals surface area (Å²) in [5, 5.41) is 4.32. The first-order valence-electron chi connectivity index (χ1n) is 10.0. The Morgan fingerprint density at radius 1 is 1.21 bits per heavy atom. The van der Waals surface area contributed by atoms with Crippen molar-refractivity contribution in [2.75, 3.05) is 13.6 Å². The molecule has 2 aromatic rings.